The number of nitrogens with zero attached hydrogens (tertiary/aromatic N) is 2. The van der Waals surface area contributed by atoms with Gasteiger partial charge in [-0.05, 0) is 29.9 Å². The first-order chi connectivity index (χ1) is 8.38. The third-order valence-electron chi connectivity index (χ3n) is 3.45. The number of hydrogen-bond donors (Lipinski definition) is 3. The van der Waals surface area contributed by atoms with Crippen LogP contribution in [0.4, 0.5) is 0 Å². The highest BCUT2D eigenvalue weighted by Gasteiger charge is 2.29. The lowest BCUT2D eigenvalue weighted by Gasteiger charge is -2.32. The molecule has 2 atom stereocenters. The van der Waals surface area contributed by atoms with Crippen molar-refractivity contribution in [3.05, 3.63) is 47.5 Å². The van der Waals surface area contributed by atoms with Crippen molar-refractivity contribution in [1.29, 1.82) is 0 Å². The van der Waals surface area contributed by atoms with Gasteiger partial charge in [-0.2, -0.15) is 5.10 Å². The molecule has 0 saturated carbocycles. The predicted octanol–water partition coefficient (Wildman–Crippen LogP) is 1.04. The molecule has 1 aromatic heterocycles. The van der Waals surface area contributed by atoms with Gasteiger partial charge in [0.1, 0.15) is 12.2 Å². The lowest BCUT2D eigenvalue weighted by molar-refractivity contribution is 0.421. The van der Waals surface area contributed by atoms with Crippen LogP contribution in [0, 0.1) is 0 Å². The number of nitrogens with two attached hydrogens (primary N) is 1. The van der Waals surface area contributed by atoms with Crippen molar-refractivity contribution in [1.82, 2.24) is 20.6 Å². The van der Waals surface area contributed by atoms with E-state index in [-0.39, 0.29) is 6.04 Å². The molecule has 0 bridgehead atoms. The number of hydrogen-bond acceptors (Lipinski definition) is 4. The van der Waals surface area contributed by atoms with Gasteiger partial charge < -0.3 is 0 Å². The molecule has 0 aliphatic heterocycles. The minimum Gasteiger partial charge on any atom is -0.271 e. The van der Waals surface area contributed by atoms with Gasteiger partial charge in [0.05, 0.1) is 6.04 Å². The zero-order chi connectivity index (χ0) is 11.7. The molecule has 1 aliphatic carbocycles. The molecule has 88 valence electrons. The summed E-state index contributed by atoms with van der Waals surface area (Å²) in [6, 6.07) is 8.59. The van der Waals surface area contributed by atoms with Crippen LogP contribution in [0.5, 0.6) is 0 Å². The van der Waals surface area contributed by atoms with E-state index in [1.165, 1.54) is 17.5 Å². The van der Waals surface area contributed by atoms with Gasteiger partial charge in [-0.15, -0.1) is 0 Å². The van der Waals surface area contributed by atoms with Gasteiger partial charge in [-0.3, -0.25) is 10.9 Å². The molecule has 0 spiro atoms. The molecule has 0 amide bonds. The van der Waals surface area contributed by atoms with E-state index >= 15 is 0 Å². The van der Waals surface area contributed by atoms with Crippen LogP contribution in [-0.4, -0.2) is 15.2 Å². The summed E-state index contributed by atoms with van der Waals surface area (Å²) in [5.74, 6) is 6.94. The summed E-state index contributed by atoms with van der Waals surface area (Å²) in [4.78, 5) is 4.15. The Hall–Kier alpha value is -1.72. The average molecular weight is 229 g/mol. The summed E-state index contributed by atoms with van der Waals surface area (Å²) in [7, 11) is 0. The molecule has 4 N–H and O–H groups in total. The Morgan fingerprint density at radius 3 is 3.06 bits per heavy atom. The highest BCUT2D eigenvalue weighted by atomic mass is 15.3. The summed E-state index contributed by atoms with van der Waals surface area (Å²) in [5.41, 5.74) is 5.69. The first kappa shape index (κ1) is 10.4. The third kappa shape index (κ3) is 1.83. The number of H-pyrrole nitrogens is 1. The molecule has 3 rings (SSSR count). The van der Waals surface area contributed by atoms with Crippen molar-refractivity contribution >= 4 is 0 Å². The van der Waals surface area contributed by atoms with Crippen LogP contribution in [0.2, 0.25) is 0 Å². The van der Waals surface area contributed by atoms with E-state index in [1.54, 1.807) is 0 Å². The van der Waals surface area contributed by atoms with Crippen LogP contribution in [0.15, 0.2) is 30.6 Å². The van der Waals surface area contributed by atoms with Crippen molar-refractivity contribution in [3.8, 4) is 0 Å². The Morgan fingerprint density at radius 2 is 2.35 bits per heavy atom. The number of aromatic nitrogens is 3. The summed E-state index contributed by atoms with van der Waals surface area (Å²) in [5, 5.41) is 6.72. The number of rotatable bonds is 4. The van der Waals surface area contributed by atoms with Gasteiger partial charge in [0.2, 0.25) is 0 Å². The van der Waals surface area contributed by atoms with E-state index in [4.69, 9.17) is 5.84 Å². The average Bonchev–Trinajstić information content (AvgIpc) is 2.84. The molecule has 0 saturated heterocycles. The molecule has 2 unspecified atom stereocenters. The fourth-order valence-corrected chi connectivity index (χ4v) is 2.50. The number of aromatic amines is 1. The third-order valence-corrected chi connectivity index (χ3v) is 3.45. The van der Waals surface area contributed by atoms with Gasteiger partial charge in [-0.25, -0.2) is 10.4 Å². The molecule has 5 nitrogen and oxygen atoms in total. The van der Waals surface area contributed by atoms with Crippen LogP contribution >= 0.6 is 0 Å². The Balaban J connectivity index is 1.73. The van der Waals surface area contributed by atoms with Gasteiger partial charge in [0, 0.05) is 0 Å². The maximum atomic E-state index is 5.57. The van der Waals surface area contributed by atoms with E-state index in [1.807, 2.05) is 0 Å². The van der Waals surface area contributed by atoms with Crippen LogP contribution in [0.1, 0.15) is 35.3 Å². The van der Waals surface area contributed by atoms with Crippen molar-refractivity contribution in [2.45, 2.75) is 24.8 Å². The van der Waals surface area contributed by atoms with Crippen LogP contribution < -0.4 is 11.3 Å². The first-order valence-electron chi connectivity index (χ1n) is 5.77. The molecular weight excluding hydrogens is 214 g/mol. The van der Waals surface area contributed by atoms with E-state index in [0.29, 0.717) is 5.92 Å². The standard InChI is InChI=1S/C12H15N5/c13-16-11(12-14-7-15-17-12)6-9-5-8-3-1-2-4-10(8)9/h1-4,7,9,11,16H,5-6,13H2,(H,14,15,17). The number of fused-ring (bicyclic) bond motifs is 1. The molecule has 0 fully saturated rings. The van der Waals surface area contributed by atoms with Gasteiger partial charge in [0.25, 0.3) is 0 Å². The highest BCUT2D eigenvalue weighted by Crippen LogP contribution is 2.39. The quantitative estimate of drug-likeness (QED) is 0.540. The first-order valence-corrected chi connectivity index (χ1v) is 5.77. The van der Waals surface area contributed by atoms with E-state index < -0.39 is 0 Å². The molecule has 1 aromatic carbocycles. The Morgan fingerprint density at radius 1 is 1.47 bits per heavy atom. The minimum atomic E-state index is 0.0378. The molecule has 0 radical (unpaired) electrons. The summed E-state index contributed by atoms with van der Waals surface area (Å²) in [6.45, 7) is 0. The molecular formula is C12H15N5. The fraction of sp³-hybridized carbons (Fsp3) is 0.333. The maximum Gasteiger partial charge on any atom is 0.142 e. The van der Waals surface area contributed by atoms with Gasteiger partial charge >= 0.3 is 0 Å². The molecule has 2 aromatic rings. The van der Waals surface area contributed by atoms with E-state index in [9.17, 15) is 0 Å². The van der Waals surface area contributed by atoms with Crippen molar-refractivity contribution in [2.24, 2.45) is 5.84 Å². The fourth-order valence-electron chi connectivity index (χ4n) is 2.50. The zero-order valence-corrected chi connectivity index (χ0v) is 9.43. The number of hydrazine groups is 1. The Kier molecular flexibility index (Phi) is 2.62. The number of nitrogens with one attached hydrogen (secondary N) is 2. The second-order valence-electron chi connectivity index (χ2n) is 4.43. The lowest BCUT2D eigenvalue weighted by Crippen LogP contribution is -2.32. The summed E-state index contributed by atoms with van der Waals surface area (Å²) >= 11 is 0. The van der Waals surface area contributed by atoms with Crippen LogP contribution in [-0.2, 0) is 6.42 Å². The maximum absolute atomic E-state index is 5.57. The summed E-state index contributed by atoms with van der Waals surface area (Å²) in [6.07, 6.45) is 3.58. The van der Waals surface area contributed by atoms with E-state index in [0.717, 1.165) is 18.7 Å². The molecule has 17 heavy (non-hydrogen) atoms. The second-order valence-corrected chi connectivity index (χ2v) is 4.43. The van der Waals surface area contributed by atoms with Crippen LogP contribution in [0.3, 0.4) is 0 Å². The van der Waals surface area contributed by atoms with Crippen molar-refractivity contribution in [3.63, 3.8) is 0 Å². The summed E-state index contributed by atoms with van der Waals surface area (Å²) < 4.78 is 0. The normalized spacial score (nSPS) is 19.5. The van der Waals surface area contributed by atoms with E-state index in [2.05, 4.69) is 44.9 Å². The smallest absolute Gasteiger partial charge is 0.142 e. The largest absolute Gasteiger partial charge is 0.271 e. The minimum absolute atomic E-state index is 0.0378. The van der Waals surface area contributed by atoms with Crippen LogP contribution in [0.25, 0.3) is 0 Å². The molecule has 1 heterocycles. The predicted molar refractivity (Wildman–Crippen MR) is 64.0 cm³/mol. The lowest BCUT2D eigenvalue weighted by atomic mass is 9.74. The Labute approximate surface area is 99.4 Å². The zero-order valence-electron chi connectivity index (χ0n) is 9.43. The topological polar surface area (TPSA) is 79.6 Å². The molecule has 1 aliphatic rings. The SMILES string of the molecule is NNC(CC1Cc2ccccc21)c1ncn[nH]1. The number of benzene rings is 1. The van der Waals surface area contributed by atoms with Gasteiger partial charge in [0.15, 0.2) is 0 Å². The highest BCUT2D eigenvalue weighted by molar-refractivity contribution is 5.40. The van der Waals surface area contributed by atoms with Gasteiger partial charge in [-0.1, -0.05) is 24.3 Å². The van der Waals surface area contributed by atoms with Crippen molar-refractivity contribution < 1.29 is 0 Å². The van der Waals surface area contributed by atoms with Crippen molar-refractivity contribution in [2.75, 3.05) is 0 Å². The second kappa shape index (κ2) is 4.27. The Bertz CT molecular complexity index is 493. The molecule has 5 heteroatoms. The monoisotopic (exact) mass is 229 g/mol.